The Balaban J connectivity index is 2.44. The van der Waals surface area contributed by atoms with Crippen LogP contribution in [-0.2, 0) is 17.9 Å². The highest BCUT2D eigenvalue weighted by atomic mass is 16.1. The lowest BCUT2D eigenvalue weighted by Gasteiger charge is -2.19. The van der Waals surface area contributed by atoms with Crippen molar-refractivity contribution in [1.29, 1.82) is 5.26 Å². The van der Waals surface area contributed by atoms with Crippen LogP contribution < -0.4 is 10.6 Å². The highest BCUT2D eigenvalue weighted by Gasteiger charge is 2.09. The molecule has 0 radical (unpaired) electrons. The number of carbonyl (C=O) groups excluding carboxylic acids is 1. The maximum absolute atomic E-state index is 11.4. The fourth-order valence-corrected chi connectivity index (χ4v) is 1.42. The molecule has 0 aliphatic heterocycles. The lowest BCUT2D eigenvalue weighted by atomic mass is 10.1. The number of nitriles is 1. The van der Waals surface area contributed by atoms with Crippen molar-refractivity contribution in [3.63, 3.8) is 0 Å². The molecule has 0 aliphatic rings. The van der Waals surface area contributed by atoms with Crippen LogP contribution in [0.25, 0.3) is 0 Å². The number of nitrogens with one attached hydrogen (secondary N) is 2. The van der Waals surface area contributed by atoms with E-state index < -0.39 is 0 Å². The summed E-state index contributed by atoms with van der Waals surface area (Å²) in [6.07, 6.45) is 3.80. The fourth-order valence-electron chi connectivity index (χ4n) is 1.42. The highest BCUT2D eigenvalue weighted by molar-refractivity contribution is 5.75. The number of rotatable bonds is 5. The van der Waals surface area contributed by atoms with E-state index in [0.717, 1.165) is 12.1 Å². The van der Waals surface area contributed by atoms with E-state index in [0.29, 0.717) is 0 Å². The molecule has 0 aliphatic carbocycles. The van der Waals surface area contributed by atoms with Crippen molar-refractivity contribution in [3.05, 3.63) is 24.0 Å². The first kappa shape index (κ1) is 14.3. The van der Waals surface area contributed by atoms with Gasteiger partial charge in [-0.05, 0) is 32.4 Å². The van der Waals surface area contributed by atoms with Crippen molar-refractivity contribution in [3.8, 4) is 6.07 Å². The van der Waals surface area contributed by atoms with E-state index in [2.05, 4.69) is 31.4 Å². The monoisotopic (exact) mass is 248 g/mol. The number of hydrogen-bond acceptors (Lipinski definition) is 3. The summed E-state index contributed by atoms with van der Waals surface area (Å²) in [5.41, 5.74) is 1.21. The Kier molecular flexibility index (Phi) is 4.93. The molecule has 0 spiro atoms. The van der Waals surface area contributed by atoms with Gasteiger partial charge in [0.2, 0.25) is 5.91 Å². The van der Waals surface area contributed by atoms with E-state index in [-0.39, 0.29) is 24.5 Å². The molecule has 0 saturated carbocycles. The lowest BCUT2D eigenvalue weighted by Crippen LogP contribution is -2.34. The second-order valence-corrected chi connectivity index (χ2v) is 5.23. The molecule has 0 fully saturated rings. The first-order valence-corrected chi connectivity index (χ1v) is 5.94. The van der Waals surface area contributed by atoms with Gasteiger partial charge in [-0.15, -0.1) is 0 Å². The van der Waals surface area contributed by atoms with Gasteiger partial charge in [0, 0.05) is 24.5 Å². The third kappa shape index (κ3) is 5.51. The first-order valence-electron chi connectivity index (χ1n) is 5.94. The van der Waals surface area contributed by atoms with Crippen LogP contribution in [0.1, 0.15) is 26.3 Å². The van der Waals surface area contributed by atoms with Crippen LogP contribution in [0, 0.1) is 11.3 Å². The average Bonchev–Trinajstić information content (AvgIpc) is 2.70. The SMILES string of the molecule is CC(C)(C)NCc1ccn(CC(=O)NCC#N)c1. The smallest absolute Gasteiger partial charge is 0.240 e. The third-order valence-corrected chi connectivity index (χ3v) is 2.33. The molecule has 1 amide bonds. The van der Waals surface area contributed by atoms with Crippen molar-refractivity contribution in [2.45, 2.75) is 39.4 Å². The number of nitrogens with zero attached hydrogens (tertiary/aromatic N) is 2. The topological polar surface area (TPSA) is 69.8 Å². The predicted molar refractivity (Wildman–Crippen MR) is 69.6 cm³/mol. The third-order valence-electron chi connectivity index (χ3n) is 2.33. The molecule has 1 aromatic heterocycles. The minimum absolute atomic E-state index is 0.0541. The zero-order valence-corrected chi connectivity index (χ0v) is 11.2. The largest absolute Gasteiger partial charge is 0.345 e. The van der Waals surface area contributed by atoms with Gasteiger partial charge >= 0.3 is 0 Å². The standard InChI is InChI=1S/C13H20N4O/c1-13(2,3)16-8-11-4-7-17(9-11)10-12(18)15-6-5-14/h4,7,9,16H,6,8,10H2,1-3H3,(H,15,18). The maximum Gasteiger partial charge on any atom is 0.240 e. The highest BCUT2D eigenvalue weighted by Crippen LogP contribution is 2.05. The normalized spacial score (nSPS) is 11.0. The van der Waals surface area contributed by atoms with Crippen LogP contribution in [0.15, 0.2) is 18.5 Å². The van der Waals surface area contributed by atoms with E-state index in [1.807, 2.05) is 29.1 Å². The molecule has 5 nitrogen and oxygen atoms in total. The fraction of sp³-hybridized carbons (Fsp3) is 0.538. The Hall–Kier alpha value is -1.80. The Morgan fingerprint density at radius 3 is 2.83 bits per heavy atom. The quantitative estimate of drug-likeness (QED) is 0.764. The van der Waals surface area contributed by atoms with Gasteiger partial charge in [-0.25, -0.2) is 0 Å². The number of aromatic nitrogens is 1. The summed E-state index contributed by atoms with van der Waals surface area (Å²) in [6, 6.07) is 3.86. The molecule has 5 heteroatoms. The van der Waals surface area contributed by atoms with Crippen LogP contribution in [0.4, 0.5) is 0 Å². The molecule has 18 heavy (non-hydrogen) atoms. The molecule has 0 atom stereocenters. The molecule has 1 rings (SSSR count). The summed E-state index contributed by atoms with van der Waals surface area (Å²) >= 11 is 0. The van der Waals surface area contributed by atoms with E-state index in [1.165, 1.54) is 0 Å². The minimum atomic E-state index is -0.150. The van der Waals surface area contributed by atoms with Gasteiger partial charge in [0.25, 0.3) is 0 Å². The van der Waals surface area contributed by atoms with Crippen LogP contribution in [-0.4, -0.2) is 22.6 Å². The number of carbonyl (C=O) groups is 1. The van der Waals surface area contributed by atoms with E-state index >= 15 is 0 Å². The van der Waals surface area contributed by atoms with Crippen molar-refractivity contribution in [1.82, 2.24) is 15.2 Å². The van der Waals surface area contributed by atoms with Gasteiger partial charge in [0.1, 0.15) is 13.1 Å². The zero-order valence-electron chi connectivity index (χ0n) is 11.2. The summed E-state index contributed by atoms with van der Waals surface area (Å²) < 4.78 is 1.81. The number of hydrogen-bond donors (Lipinski definition) is 2. The second-order valence-electron chi connectivity index (χ2n) is 5.23. The van der Waals surface area contributed by atoms with Crippen molar-refractivity contribution >= 4 is 5.91 Å². The molecule has 1 aromatic rings. The molecule has 0 saturated heterocycles. The molecule has 0 bridgehead atoms. The Morgan fingerprint density at radius 2 is 2.22 bits per heavy atom. The summed E-state index contributed by atoms with van der Waals surface area (Å²) in [5, 5.41) is 14.2. The Morgan fingerprint density at radius 1 is 1.50 bits per heavy atom. The van der Waals surface area contributed by atoms with Crippen molar-refractivity contribution in [2.24, 2.45) is 0 Å². The molecule has 98 valence electrons. The van der Waals surface area contributed by atoms with Gasteiger partial charge in [-0.1, -0.05) is 0 Å². The first-order chi connectivity index (χ1) is 8.40. The molecular weight excluding hydrogens is 228 g/mol. The van der Waals surface area contributed by atoms with Crippen LogP contribution in [0.3, 0.4) is 0 Å². The summed E-state index contributed by atoms with van der Waals surface area (Å²) in [7, 11) is 0. The molecule has 1 heterocycles. The van der Waals surface area contributed by atoms with Gasteiger partial charge in [-0.3, -0.25) is 4.79 Å². The zero-order chi connectivity index (χ0) is 13.6. The van der Waals surface area contributed by atoms with Gasteiger partial charge in [0.15, 0.2) is 0 Å². The van der Waals surface area contributed by atoms with Gasteiger partial charge in [-0.2, -0.15) is 5.26 Å². The van der Waals surface area contributed by atoms with E-state index in [4.69, 9.17) is 5.26 Å². The van der Waals surface area contributed by atoms with Crippen LogP contribution >= 0.6 is 0 Å². The van der Waals surface area contributed by atoms with Crippen LogP contribution in [0.5, 0.6) is 0 Å². The lowest BCUT2D eigenvalue weighted by molar-refractivity contribution is -0.121. The average molecular weight is 248 g/mol. The second kappa shape index (κ2) is 6.22. The van der Waals surface area contributed by atoms with E-state index in [1.54, 1.807) is 0 Å². The van der Waals surface area contributed by atoms with Crippen molar-refractivity contribution in [2.75, 3.05) is 6.54 Å². The molecule has 0 unspecified atom stereocenters. The Labute approximate surface area is 108 Å². The Bertz CT molecular complexity index is 437. The van der Waals surface area contributed by atoms with Crippen molar-refractivity contribution < 1.29 is 4.79 Å². The van der Waals surface area contributed by atoms with Crippen LogP contribution in [0.2, 0.25) is 0 Å². The molecule has 2 N–H and O–H groups in total. The maximum atomic E-state index is 11.4. The summed E-state index contributed by atoms with van der Waals surface area (Å²) in [6.45, 7) is 7.41. The minimum Gasteiger partial charge on any atom is -0.345 e. The van der Waals surface area contributed by atoms with Gasteiger partial charge in [0.05, 0.1) is 6.07 Å². The van der Waals surface area contributed by atoms with Gasteiger partial charge < -0.3 is 15.2 Å². The molecular formula is C13H20N4O. The molecule has 0 aromatic carbocycles. The number of amides is 1. The summed E-state index contributed by atoms with van der Waals surface area (Å²) in [5.74, 6) is -0.150. The predicted octanol–water partition coefficient (Wildman–Crippen LogP) is 1.02. The summed E-state index contributed by atoms with van der Waals surface area (Å²) in [4.78, 5) is 11.4. The van der Waals surface area contributed by atoms with E-state index in [9.17, 15) is 4.79 Å².